The fourth-order valence-electron chi connectivity index (χ4n) is 3.58. The van der Waals surface area contributed by atoms with Gasteiger partial charge in [-0.2, -0.15) is 0 Å². The number of benzene rings is 3. The van der Waals surface area contributed by atoms with Crippen molar-refractivity contribution in [1.29, 1.82) is 0 Å². The number of imide groups is 2. The number of nitrogens with one attached hydrogen (secondary N) is 1. The van der Waals surface area contributed by atoms with Crippen molar-refractivity contribution < 1.29 is 29.0 Å². The molecule has 35 heavy (non-hydrogen) atoms. The van der Waals surface area contributed by atoms with Crippen LogP contribution in [0, 0.1) is 10.5 Å². The summed E-state index contributed by atoms with van der Waals surface area (Å²) in [4.78, 5) is 38.8. The lowest BCUT2D eigenvalue weighted by atomic mass is 10.1. The van der Waals surface area contributed by atoms with E-state index in [1.54, 1.807) is 12.1 Å². The number of urea groups is 1. The highest BCUT2D eigenvalue weighted by Crippen LogP contribution is 2.35. The molecule has 0 radical (unpaired) electrons. The van der Waals surface area contributed by atoms with Crippen LogP contribution in [0.15, 0.2) is 66.2 Å². The van der Waals surface area contributed by atoms with E-state index in [9.17, 15) is 19.5 Å². The highest BCUT2D eigenvalue weighted by molar-refractivity contribution is 14.1. The van der Waals surface area contributed by atoms with Crippen LogP contribution >= 0.6 is 22.6 Å². The van der Waals surface area contributed by atoms with E-state index in [1.165, 1.54) is 37.5 Å². The van der Waals surface area contributed by atoms with Gasteiger partial charge in [0, 0.05) is 0 Å². The molecule has 0 bridgehead atoms. The van der Waals surface area contributed by atoms with Gasteiger partial charge in [0.05, 0.1) is 16.4 Å². The Kier molecular flexibility index (Phi) is 7.06. The zero-order chi connectivity index (χ0) is 25.1. The average molecular weight is 584 g/mol. The van der Waals surface area contributed by atoms with E-state index in [4.69, 9.17) is 9.47 Å². The zero-order valence-corrected chi connectivity index (χ0v) is 21.0. The van der Waals surface area contributed by atoms with Crippen LogP contribution in [0.2, 0.25) is 0 Å². The first-order valence-electron chi connectivity index (χ1n) is 10.5. The first-order chi connectivity index (χ1) is 16.8. The molecule has 4 rings (SSSR count). The minimum Gasteiger partial charge on any atom is -0.508 e. The van der Waals surface area contributed by atoms with E-state index in [0.717, 1.165) is 19.6 Å². The summed E-state index contributed by atoms with van der Waals surface area (Å²) in [5.41, 5.74) is 2.66. The number of methoxy groups -OCH3 is 1. The van der Waals surface area contributed by atoms with Crippen molar-refractivity contribution in [2.24, 2.45) is 0 Å². The van der Waals surface area contributed by atoms with Gasteiger partial charge in [-0.3, -0.25) is 14.9 Å². The van der Waals surface area contributed by atoms with E-state index in [1.807, 2.05) is 31.2 Å². The Bertz CT molecular complexity index is 1350. The van der Waals surface area contributed by atoms with E-state index < -0.39 is 17.8 Å². The van der Waals surface area contributed by atoms with Gasteiger partial charge < -0.3 is 14.6 Å². The molecule has 3 aromatic rings. The maximum atomic E-state index is 13.1. The number of phenolic OH excluding ortho intramolecular Hbond substituents is 1. The number of amides is 4. The maximum Gasteiger partial charge on any atom is 0.335 e. The van der Waals surface area contributed by atoms with Crippen LogP contribution in [-0.4, -0.2) is 30.1 Å². The smallest absolute Gasteiger partial charge is 0.335 e. The predicted octanol–water partition coefficient (Wildman–Crippen LogP) is 4.56. The lowest BCUT2D eigenvalue weighted by Crippen LogP contribution is -2.54. The Morgan fingerprint density at radius 2 is 1.80 bits per heavy atom. The van der Waals surface area contributed by atoms with Gasteiger partial charge in [-0.15, -0.1) is 0 Å². The summed E-state index contributed by atoms with van der Waals surface area (Å²) < 4.78 is 12.2. The number of nitrogens with zero attached hydrogens (tertiary/aromatic N) is 1. The number of rotatable bonds is 6. The molecule has 1 aliphatic heterocycles. The van der Waals surface area contributed by atoms with Crippen LogP contribution in [0.5, 0.6) is 17.2 Å². The number of carbonyl (C=O) groups excluding carboxylic acids is 3. The lowest BCUT2D eigenvalue weighted by molar-refractivity contribution is -0.122. The molecule has 9 heteroatoms. The third-order valence-corrected chi connectivity index (χ3v) is 6.04. The van der Waals surface area contributed by atoms with Gasteiger partial charge in [0.25, 0.3) is 11.8 Å². The summed E-state index contributed by atoms with van der Waals surface area (Å²) in [6, 6.07) is 16.0. The molecule has 8 nitrogen and oxygen atoms in total. The normalized spacial score (nSPS) is 14.8. The van der Waals surface area contributed by atoms with Crippen LogP contribution in [0.1, 0.15) is 16.7 Å². The molecular weight excluding hydrogens is 563 g/mol. The molecule has 1 fully saturated rings. The van der Waals surface area contributed by atoms with Gasteiger partial charge in [-0.05, 0) is 83.1 Å². The number of aryl methyl sites for hydroxylation is 1. The molecule has 0 aromatic heterocycles. The van der Waals surface area contributed by atoms with Gasteiger partial charge in [0.2, 0.25) is 0 Å². The molecule has 0 unspecified atom stereocenters. The Labute approximate surface area is 215 Å². The van der Waals surface area contributed by atoms with E-state index in [-0.39, 0.29) is 17.0 Å². The van der Waals surface area contributed by atoms with Gasteiger partial charge in [0.1, 0.15) is 17.9 Å². The van der Waals surface area contributed by atoms with Crippen molar-refractivity contribution in [3.05, 3.63) is 86.5 Å². The summed E-state index contributed by atoms with van der Waals surface area (Å²) in [5.74, 6) is -0.623. The van der Waals surface area contributed by atoms with E-state index >= 15 is 0 Å². The molecule has 4 amide bonds. The van der Waals surface area contributed by atoms with Crippen LogP contribution in [-0.2, 0) is 16.2 Å². The largest absolute Gasteiger partial charge is 0.508 e. The summed E-state index contributed by atoms with van der Waals surface area (Å²) in [7, 11) is 1.51. The highest BCUT2D eigenvalue weighted by atomic mass is 127. The Morgan fingerprint density at radius 3 is 2.49 bits per heavy atom. The lowest BCUT2D eigenvalue weighted by Gasteiger charge is -2.26. The SMILES string of the molecule is COc1cc(/C=C2\C(=O)NC(=O)N(c3ccc(O)cc3)C2=O)cc(I)c1OCc1cccc(C)c1. The standard InChI is InChI=1S/C26H21IN2O6/c1-15-4-3-5-16(10-15)14-35-23-21(27)12-17(13-22(23)34-2)11-20-24(31)28-26(33)29(25(20)32)18-6-8-19(30)9-7-18/h3-13,30H,14H2,1-2H3,(H,28,31,33)/b20-11+. The van der Waals surface area contributed by atoms with Crippen molar-refractivity contribution in [3.63, 3.8) is 0 Å². The molecule has 1 aliphatic rings. The third kappa shape index (κ3) is 5.29. The predicted molar refractivity (Wildman–Crippen MR) is 138 cm³/mol. The summed E-state index contributed by atoms with van der Waals surface area (Å²) in [5, 5.41) is 11.7. The zero-order valence-electron chi connectivity index (χ0n) is 18.9. The summed E-state index contributed by atoms with van der Waals surface area (Å²) in [6.07, 6.45) is 1.40. The molecule has 178 valence electrons. The number of phenols is 1. The van der Waals surface area contributed by atoms with Crippen LogP contribution < -0.4 is 19.7 Å². The highest BCUT2D eigenvalue weighted by Gasteiger charge is 2.36. The monoisotopic (exact) mass is 584 g/mol. The Hall–Kier alpha value is -3.86. The van der Waals surface area contributed by atoms with Gasteiger partial charge in [0.15, 0.2) is 11.5 Å². The second-order valence-electron chi connectivity index (χ2n) is 7.79. The van der Waals surface area contributed by atoms with E-state index in [2.05, 4.69) is 27.9 Å². The molecule has 0 aliphatic carbocycles. The second kappa shape index (κ2) is 10.2. The second-order valence-corrected chi connectivity index (χ2v) is 8.95. The number of hydrogen-bond donors (Lipinski definition) is 2. The average Bonchev–Trinajstić information content (AvgIpc) is 2.82. The van der Waals surface area contributed by atoms with Crippen molar-refractivity contribution in [3.8, 4) is 17.2 Å². The number of anilines is 1. The fourth-order valence-corrected chi connectivity index (χ4v) is 4.36. The number of halogens is 1. The molecular formula is C26H21IN2O6. The molecule has 0 atom stereocenters. The summed E-state index contributed by atoms with van der Waals surface area (Å²) in [6.45, 7) is 2.36. The van der Waals surface area contributed by atoms with Crippen molar-refractivity contribution >= 4 is 52.2 Å². The molecule has 3 aromatic carbocycles. The van der Waals surface area contributed by atoms with Crippen molar-refractivity contribution in [1.82, 2.24) is 5.32 Å². The number of ether oxygens (including phenoxy) is 2. The minimum absolute atomic E-state index is 0.0168. The third-order valence-electron chi connectivity index (χ3n) is 5.24. The van der Waals surface area contributed by atoms with E-state index in [0.29, 0.717) is 23.7 Å². The maximum absolute atomic E-state index is 13.1. The number of hydrogen-bond acceptors (Lipinski definition) is 6. The number of carbonyl (C=O) groups is 3. The van der Waals surface area contributed by atoms with Gasteiger partial charge in [-0.25, -0.2) is 9.69 Å². The quantitative estimate of drug-likeness (QED) is 0.250. The Morgan fingerprint density at radius 1 is 1.06 bits per heavy atom. The molecule has 2 N–H and O–H groups in total. The molecule has 1 heterocycles. The van der Waals surface area contributed by atoms with Gasteiger partial charge >= 0.3 is 6.03 Å². The fraction of sp³-hybridized carbons (Fsp3) is 0.115. The van der Waals surface area contributed by atoms with Gasteiger partial charge in [-0.1, -0.05) is 29.8 Å². The topological polar surface area (TPSA) is 105 Å². The van der Waals surface area contributed by atoms with Crippen LogP contribution in [0.25, 0.3) is 6.08 Å². The summed E-state index contributed by atoms with van der Waals surface area (Å²) >= 11 is 2.10. The number of aromatic hydroxyl groups is 1. The minimum atomic E-state index is -0.866. The molecule has 1 saturated heterocycles. The van der Waals surface area contributed by atoms with Crippen molar-refractivity contribution in [2.45, 2.75) is 13.5 Å². The first kappa shape index (κ1) is 24.3. The molecule has 0 spiro atoms. The molecule has 0 saturated carbocycles. The van der Waals surface area contributed by atoms with Crippen LogP contribution in [0.4, 0.5) is 10.5 Å². The first-order valence-corrected chi connectivity index (χ1v) is 11.6. The van der Waals surface area contributed by atoms with Crippen LogP contribution in [0.3, 0.4) is 0 Å². The van der Waals surface area contributed by atoms with Crippen molar-refractivity contribution in [2.75, 3.05) is 12.0 Å². The number of barbiturate groups is 1. The Balaban J connectivity index is 1.64.